The predicted molar refractivity (Wildman–Crippen MR) is 117 cm³/mol. The van der Waals surface area contributed by atoms with Gasteiger partial charge in [0.2, 0.25) is 11.8 Å². The van der Waals surface area contributed by atoms with E-state index in [1.54, 1.807) is 28.6 Å². The van der Waals surface area contributed by atoms with Crippen LogP contribution in [-0.2, 0) is 9.59 Å². The lowest BCUT2D eigenvalue weighted by Gasteiger charge is -2.36. The molecule has 0 saturated carbocycles. The Morgan fingerprint density at radius 1 is 1.13 bits per heavy atom. The maximum Gasteiger partial charge on any atom is 0.249 e. The van der Waals surface area contributed by atoms with Crippen molar-refractivity contribution in [3.05, 3.63) is 48.5 Å². The number of rotatable bonds is 6. The summed E-state index contributed by atoms with van der Waals surface area (Å²) in [5.74, 6) is 2.16. The van der Waals surface area contributed by atoms with E-state index in [0.29, 0.717) is 38.4 Å². The highest BCUT2D eigenvalue weighted by Gasteiger charge is 2.34. The lowest BCUT2D eigenvalue weighted by atomic mass is 10.0. The lowest BCUT2D eigenvalue weighted by molar-refractivity contribution is -0.138. The van der Waals surface area contributed by atoms with Gasteiger partial charge >= 0.3 is 0 Å². The van der Waals surface area contributed by atoms with Crippen LogP contribution in [0.5, 0.6) is 11.5 Å². The van der Waals surface area contributed by atoms with Crippen LogP contribution < -0.4 is 14.4 Å². The molecule has 2 aromatic rings. The Morgan fingerprint density at radius 3 is 2.70 bits per heavy atom. The summed E-state index contributed by atoms with van der Waals surface area (Å²) in [7, 11) is 1.74. The fraction of sp³-hybridized carbons (Fsp3) is 0.391. The fourth-order valence-corrected chi connectivity index (χ4v) is 4.67. The van der Waals surface area contributed by atoms with Crippen LogP contribution in [-0.4, -0.2) is 55.3 Å². The highest BCUT2D eigenvalue weighted by Crippen LogP contribution is 2.34. The number of hydrogen-bond donors (Lipinski definition) is 0. The second-order valence-electron chi connectivity index (χ2n) is 7.39. The summed E-state index contributed by atoms with van der Waals surface area (Å²) >= 11 is 1.61. The van der Waals surface area contributed by atoms with Crippen LogP contribution in [0.3, 0.4) is 0 Å². The highest BCUT2D eigenvalue weighted by atomic mass is 32.2. The number of carbonyl (C=O) groups is 2. The zero-order valence-corrected chi connectivity index (χ0v) is 17.9. The number of para-hydroxylation sites is 1. The van der Waals surface area contributed by atoms with E-state index in [0.717, 1.165) is 28.5 Å². The average Bonchev–Trinajstić information content (AvgIpc) is 2.79. The molecule has 0 spiro atoms. The van der Waals surface area contributed by atoms with Crippen LogP contribution in [0.1, 0.15) is 19.3 Å². The topological polar surface area (TPSA) is 59.1 Å². The predicted octanol–water partition coefficient (Wildman–Crippen LogP) is 3.59. The molecule has 7 heteroatoms. The Hall–Kier alpha value is -2.67. The van der Waals surface area contributed by atoms with E-state index in [9.17, 15) is 9.59 Å². The fourth-order valence-electron chi connectivity index (χ4n) is 3.80. The Bertz CT molecular complexity index is 905. The van der Waals surface area contributed by atoms with Crippen molar-refractivity contribution in [3.8, 4) is 11.5 Å². The van der Waals surface area contributed by atoms with Gasteiger partial charge in [-0.05, 0) is 43.2 Å². The zero-order chi connectivity index (χ0) is 20.9. The molecule has 1 fully saturated rings. The van der Waals surface area contributed by atoms with Gasteiger partial charge in [-0.15, -0.1) is 11.8 Å². The summed E-state index contributed by atoms with van der Waals surface area (Å²) in [5.41, 5.74) is 0.891. The zero-order valence-electron chi connectivity index (χ0n) is 17.1. The van der Waals surface area contributed by atoms with Gasteiger partial charge in [0.1, 0.15) is 19.3 Å². The lowest BCUT2D eigenvalue weighted by Crippen LogP contribution is -2.53. The molecule has 1 unspecified atom stereocenters. The smallest absolute Gasteiger partial charge is 0.249 e. The molecule has 0 bridgehead atoms. The Morgan fingerprint density at radius 2 is 1.90 bits per heavy atom. The normalized spacial score (nSPS) is 18.2. The van der Waals surface area contributed by atoms with E-state index in [1.165, 1.54) is 0 Å². The minimum atomic E-state index is -0.397. The molecule has 4 rings (SSSR count). The van der Waals surface area contributed by atoms with Crippen LogP contribution in [0, 0.1) is 0 Å². The van der Waals surface area contributed by atoms with Gasteiger partial charge in [0, 0.05) is 36.3 Å². The molecule has 2 aliphatic heterocycles. The molecule has 0 radical (unpaired) electrons. The van der Waals surface area contributed by atoms with Crippen molar-refractivity contribution < 1.29 is 19.1 Å². The van der Waals surface area contributed by atoms with E-state index in [-0.39, 0.29) is 11.8 Å². The third-order valence-corrected chi connectivity index (χ3v) is 6.43. The monoisotopic (exact) mass is 426 g/mol. The summed E-state index contributed by atoms with van der Waals surface area (Å²) in [4.78, 5) is 30.2. The largest absolute Gasteiger partial charge is 0.486 e. The molecular weight excluding hydrogens is 400 g/mol. The Labute approximate surface area is 181 Å². The Balaban J connectivity index is 1.31. The maximum atomic E-state index is 13.0. The highest BCUT2D eigenvalue weighted by molar-refractivity contribution is 7.99. The van der Waals surface area contributed by atoms with E-state index in [2.05, 4.69) is 0 Å². The Kier molecular flexibility index (Phi) is 6.47. The number of carbonyl (C=O) groups excluding carboxylic acids is 2. The van der Waals surface area contributed by atoms with Gasteiger partial charge in [-0.1, -0.05) is 18.2 Å². The third-order valence-electron chi connectivity index (χ3n) is 5.44. The van der Waals surface area contributed by atoms with E-state index < -0.39 is 6.04 Å². The minimum absolute atomic E-state index is 0.00258. The summed E-state index contributed by atoms with van der Waals surface area (Å²) < 4.78 is 11.2. The number of hydrogen-bond acceptors (Lipinski definition) is 5. The number of piperidine rings is 1. The van der Waals surface area contributed by atoms with Crippen molar-refractivity contribution >= 4 is 29.3 Å². The van der Waals surface area contributed by atoms with Crippen LogP contribution in [0.25, 0.3) is 0 Å². The first-order valence-electron chi connectivity index (χ1n) is 10.3. The van der Waals surface area contributed by atoms with Crippen molar-refractivity contribution in [1.82, 2.24) is 4.90 Å². The van der Waals surface area contributed by atoms with Gasteiger partial charge < -0.3 is 19.3 Å². The van der Waals surface area contributed by atoms with Gasteiger partial charge in [-0.3, -0.25) is 9.59 Å². The molecule has 30 heavy (non-hydrogen) atoms. The molecule has 6 nitrogen and oxygen atoms in total. The molecule has 1 atom stereocenters. The van der Waals surface area contributed by atoms with Crippen LogP contribution in [0.4, 0.5) is 5.69 Å². The molecule has 1 saturated heterocycles. The average molecular weight is 427 g/mol. The van der Waals surface area contributed by atoms with Crippen molar-refractivity contribution in [2.45, 2.75) is 30.2 Å². The van der Waals surface area contributed by atoms with Gasteiger partial charge in [0.15, 0.2) is 11.5 Å². The molecule has 0 N–H and O–H groups in total. The van der Waals surface area contributed by atoms with Crippen molar-refractivity contribution in [1.29, 1.82) is 0 Å². The second-order valence-corrected chi connectivity index (χ2v) is 8.56. The SMILES string of the molecule is CN(C(=O)CCSc1ccc2c(c1)OCCO2)C1CCCN(c2ccccc2)C1=O. The number of thioether (sulfide) groups is 1. The number of anilines is 1. The molecule has 158 valence electrons. The number of likely N-dealkylation sites (N-methyl/N-ethyl adjacent to an activating group) is 1. The van der Waals surface area contributed by atoms with Crippen molar-refractivity contribution in [2.24, 2.45) is 0 Å². The number of fused-ring (bicyclic) bond motifs is 1. The van der Waals surface area contributed by atoms with E-state index in [1.807, 2.05) is 48.5 Å². The van der Waals surface area contributed by atoms with E-state index in [4.69, 9.17) is 9.47 Å². The van der Waals surface area contributed by atoms with Crippen LogP contribution in [0.2, 0.25) is 0 Å². The van der Waals surface area contributed by atoms with Gasteiger partial charge in [0.25, 0.3) is 0 Å². The van der Waals surface area contributed by atoms with Crippen molar-refractivity contribution in [3.63, 3.8) is 0 Å². The molecule has 2 amide bonds. The molecule has 0 aromatic heterocycles. The van der Waals surface area contributed by atoms with Gasteiger partial charge in [-0.25, -0.2) is 0 Å². The first kappa shape index (κ1) is 20.6. The number of benzene rings is 2. The summed E-state index contributed by atoms with van der Waals surface area (Å²) in [6.07, 6.45) is 1.97. The van der Waals surface area contributed by atoms with Gasteiger partial charge in [0.05, 0.1) is 0 Å². The van der Waals surface area contributed by atoms with Crippen LogP contribution >= 0.6 is 11.8 Å². The number of nitrogens with zero attached hydrogens (tertiary/aromatic N) is 2. The summed E-state index contributed by atoms with van der Waals surface area (Å²) in [5, 5.41) is 0. The summed E-state index contributed by atoms with van der Waals surface area (Å²) in [6.45, 7) is 1.82. The quantitative estimate of drug-likeness (QED) is 0.661. The molecule has 2 aromatic carbocycles. The van der Waals surface area contributed by atoms with Crippen LogP contribution in [0.15, 0.2) is 53.4 Å². The first-order valence-corrected chi connectivity index (χ1v) is 11.3. The molecular formula is C23H26N2O4S. The number of ether oxygens (including phenoxy) is 2. The second kappa shape index (κ2) is 9.43. The summed E-state index contributed by atoms with van der Waals surface area (Å²) in [6, 6.07) is 15.1. The van der Waals surface area contributed by atoms with Crippen molar-refractivity contribution in [2.75, 3.05) is 37.5 Å². The molecule has 2 aliphatic rings. The molecule has 0 aliphatic carbocycles. The minimum Gasteiger partial charge on any atom is -0.486 e. The first-order chi connectivity index (χ1) is 14.6. The standard InChI is InChI=1S/C23H26N2O4S/c1-24(19-8-5-12-25(23(19)27)17-6-3-2-4-7-17)22(26)11-15-30-18-9-10-20-21(16-18)29-14-13-28-20/h2-4,6-7,9-10,16,19H,5,8,11-15H2,1H3. The van der Waals surface area contributed by atoms with Gasteiger partial charge in [-0.2, -0.15) is 0 Å². The van der Waals surface area contributed by atoms with E-state index >= 15 is 0 Å². The number of amides is 2. The molecule has 2 heterocycles. The third kappa shape index (κ3) is 4.56. The maximum absolute atomic E-state index is 13.0.